The van der Waals surface area contributed by atoms with Crippen molar-refractivity contribution in [2.24, 2.45) is 0 Å². The number of anilines is 1. The number of aryl methyl sites for hydroxylation is 1. The van der Waals surface area contributed by atoms with E-state index in [-0.39, 0.29) is 5.91 Å². The monoisotopic (exact) mass is 346 g/mol. The maximum atomic E-state index is 11.9. The van der Waals surface area contributed by atoms with Gasteiger partial charge in [-0.3, -0.25) is 4.79 Å². The third-order valence-corrected chi connectivity index (χ3v) is 3.78. The molecule has 1 amide bonds. The highest BCUT2D eigenvalue weighted by atomic mass is 79.9. The molecule has 0 bridgehead atoms. The molecule has 0 aliphatic heterocycles. The Balaban J connectivity index is 1.71. The Kier molecular flexibility index (Phi) is 5.96. The van der Waals surface area contributed by atoms with Crippen molar-refractivity contribution < 1.29 is 4.79 Å². The summed E-state index contributed by atoms with van der Waals surface area (Å²) < 4.78 is 0.895. The molecular formula is C17H19BrN2O. The van der Waals surface area contributed by atoms with E-state index in [1.54, 1.807) is 0 Å². The van der Waals surface area contributed by atoms with E-state index in [9.17, 15) is 4.79 Å². The molecule has 0 aliphatic rings. The van der Waals surface area contributed by atoms with Gasteiger partial charge in [-0.25, -0.2) is 0 Å². The highest BCUT2D eigenvalue weighted by Gasteiger charge is 2.04. The first-order chi connectivity index (χ1) is 10.1. The normalized spacial score (nSPS) is 10.4. The van der Waals surface area contributed by atoms with E-state index in [2.05, 4.69) is 51.7 Å². The fourth-order valence-electron chi connectivity index (χ4n) is 2.03. The smallest absolute Gasteiger partial charge is 0.225 e. The molecule has 0 fully saturated rings. The standard InChI is InChI=1S/C17H19BrN2O/c1-13-5-4-6-14(11-13)12-19-10-9-17(21)20-16-8-3-2-7-15(16)18/h2-8,11,19H,9-10,12H2,1H3,(H,20,21). The summed E-state index contributed by atoms with van der Waals surface area (Å²) in [5, 5.41) is 6.18. The highest BCUT2D eigenvalue weighted by Crippen LogP contribution is 2.21. The van der Waals surface area contributed by atoms with Crippen LogP contribution in [0.25, 0.3) is 0 Å². The molecule has 0 saturated heterocycles. The van der Waals surface area contributed by atoms with Crippen molar-refractivity contribution in [2.45, 2.75) is 19.9 Å². The molecule has 2 aromatic carbocycles. The van der Waals surface area contributed by atoms with Crippen LogP contribution < -0.4 is 10.6 Å². The Bertz CT molecular complexity index is 613. The Morgan fingerprint density at radius 2 is 1.95 bits per heavy atom. The van der Waals surface area contributed by atoms with E-state index in [1.165, 1.54) is 11.1 Å². The molecule has 0 unspecified atom stereocenters. The third kappa shape index (κ3) is 5.33. The number of nitrogens with one attached hydrogen (secondary N) is 2. The van der Waals surface area contributed by atoms with Crippen molar-refractivity contribution in [3.8, 4) is 0 Å². The van der Waals surface area contributed by atoms with Crippen LogP contribution in [0.15, 0.2) is 53.0 Å². The Morgan fingerprint density at radius 1 is 1.14 bits per heavy atom. The van der Waals surface area contributed by atoms with Crippen molar-refractivity contribution >= 4 is 27.5 Å². The summed E-state index contributed by atoms with van der Waals surface area (Å²) >= 11 is 3.41. The molecule has 0 spiro atoms. The summed E-state index contributed by atoms with van der Waals surface area (Å²) in [6.07, 6.45) is 0.452. The Morgan fingerprint density at radius 3 is 2.71 bits per heavy atom. The van der Waals surface area contributed by atoms with E-state index in [4.69, 9.17) is 0 Å². The predicted octanol–water partition coefficient (Wildman–Crippen LogP) is 3.88. The molecule has 110 valence electrons. The van der Waals surface area contributed by atoms with Crippen LogP contribution in [-0.2, 0) is 11.3 Å². The maximum Gasteiger partial charge on any atom is 0.225 e. The van der Waals surface area contributed by atoms with Crippen molar-refractivity contribution in [1.29, 1.82) is 0 Å². The number of benzene rings is 2. The molecule has 2 N–H and O–H groups in total. The SMILES string of the molecule is Cc1cccc(CNCCC(=O)Nc2ccccc2Br)c1. The number of hydrogen-bond acceptors (Lipinski definition) is 2. The van der Waals surface area contributed by atoms with Gasteiger partial charge in [-0.2, -0.15) is 0 Å². The predicted molar refractivity (Wildman–Crippen MR) is 90.3 cm³/mol. The van der Waals surface area contributed by atoms with Gasteiger partial charge in [0.05, 0.1) is 5.69 Å². The number of carbonyl (C=O) groups excluding carboxylic acids is 1. The zero-order valence-electron chi connectivity index (χ0n) is 12.0. The first kappa shape index (κ1) is 15.7. The maximum absolute atomic E-state index is 11.9. The summed E-state index contributed by atoms with van der Waals surface area (Å²) in [7, 11) is 0. The lowest BCUT2D eigenvalue weighted by Gasteiger charge is -2.08. The molecule has 0 heterocycles. The van der Waals surface area contributed by atoms with Gasteiger partial charge in [-0.15, -0.1) is 0 Å². The van der Waals surface area contributed by atoms with Crippen molar-refractivity contribution in [3.05, 3.63) is 64.1 Å². The van der Waals surface area contributed by atoms with E-state index < -0.39 is 0 Å². The molecule has 3 nitrogen and oxygen atoms in total. The van der Waals surface area contributed by atoms with Crippen molar-refractivity contribution in [3.63, 3.8) is 0 Å². The quantitative estimate of drug-likeness (QED) is 0.779. The zero-order valence-corrected chi connectivity index (χ0v) is 13.6. The number of hydrogen-bond donors (Lipinski definition) is 2. The first-order valence-electron chi connectivity index (χ1n) is 6.96. The van der Waals surface area contributed by atoms with Crippen molar-refractivity contribution in [2.75, 3.05) is 11.9 Å². The average Bonchev–Trinajstić information content (AvgIpc) is 2.46. The van der Waals surface area contributed by atoms with Crippen molar-refractivity contribution in [1.82, 2.24) is 5.32 Å². The van der Waals surface area contributed by atoms with Gasteiger partial charge < -0.3 is 10.6 Å². The highest BCUT2D eigenvalue weighted by molar-refractivity contribution is 9.10. The van der Waals surface area contributed by atoms with Crippen LogP contribution in [0.4, 0.5) is 5.69 Å². The van der Waals surface area contributed by atoms with Gasteiger partial charge in [-0.1, -0.05) is 42.0 Å². The summed E-state index contributed by atoms with van der Waals surface area (Å²) in [5.41, 5.74) is 3.29. The Hall–Kier alpha value is -1.65. The Labute approximate surface area is 133 Å². The molecule has 21 heavy (non-hydrogen) atoms. The van der Waals surface area contributed by atoms with Gasteiger partial charge >= 0.3 is 0 Å². The van der Waals surface area contributed by atoms with Gasteiger partial charge in [0.1, 0.15) is 0 Å². The average molecular weight is 347 g/mol. The number of halogens is 1. The third-order valence-electron chi connectivity index (χ3n) is 3.09. The molecule has 0 aromatic heterocycles. The van der Waals surface area contributed by atoms with Gasteiger partial charge in [0.25, 0.3) is 0 Å². The lowest BCUT2D eigenvalue weighted by atomic mass is 10.1. The molecule has 0 radical (unpaired) electrons. The second-order valence-corrected chi connectivity index (χ2v) is 5.80. The molecule has 4 heteroatoms. The fourth-order valence-corrected chi connectivity index (χ4v) is 2.42. The largest absolute Gasteiger partial charge is 0.325 e. The minimum atomic E-state index is 0.0126. The zero-order chi connectivity index (χ0) is 15.1. The second-order valence-electron chi connectivity index (χ2n) is 4.94. The minimum absolute atomic E-state index is 0.0126. The van der Waals surface area contributed by atoms with Gasteiger partial charge in [0, 0.05) is 24.0 Å². The molecular weight excluding hydrogens is 328 g/mol. The summed E-state index contributed by atoms with van der Waals surface area (Å²) in [6.45, 7) is 3.52. The molecule has 0 saturated carbocycles. The lowest BCUT2D eigenvalue weighted by Crippen LogP contribution is -2.21. The van der Waals surface area contributed by atoms with E-state index >= 15 is 0 Å². The number of rotatable bonds is 6. The van der Waals surface area contributed by atoms with Crippen LogP contribution in [0.1, 0.15) is 17.5 Å². The topological polar surface area (TPSA) is 41.1 Å². The van der Waals surface area contributed by atoms with Gasteiger partial charge in [0.15, 0.2) is 0 Å². The second kappa shape index (κ2) is 7.96. The fraction of sp³-hybridized carbons (Fsp3) is 0.235. The van der Waals surface area contributed by atoms with Gasteiger partial charge in [-0.05, 0) is 40.5 Å². The van der Waals surface area contributed by atoms with Gasteiger partial charge in [0.2, 0.25) is 5.91 Å². The van der Waals surface area contributed by atoms with Crippen LogP contribution in [0, 0.1) is 6.92 Å². The van der Waals surface area contributed by atoms with Crippen LogP contribution in [-0.4, -0.2) is 12.5 Å². The molecule has 0 atom stereocenters. The summed E-state index contributed by atoms with van der Waals surface area (Å²) in [4.78, 5) is 11.9. The minimum Gasteiger partial charge on any atom is -0.325 e. The molecule has 2 rings (SSSR count). The van der Waals surface area contributed by atoms with E-state index in [0.717, 1.165) is 16.7 Å². The van der Waals surface area contributed by atoms with E-state index in [0.29, 0.717) is 13.0 Å². The number of carbonyl (C=O) groups is 1. The lowest BCUT2D eigenvalue weighted by molar-refractivity contribution is -0.116. The van der Waals surface area contributed by atoms with Crippen LogP contribution >= 0.6 is 15.9 Å². The van der Waals surface area contributed by atoms with Crippen LogP contribution in [0.2, 0.25) is 0 Å². The van der Waals surface area contributed by atoms with Crippen LogP contribution in [0.3, 0.4) is 0 Å². The first-order valence-corrected chi connectivity index (χ1v) is 7.75. The molecule has 0 aliphatic carbocycles. The van der Waals surface area contributed by atoms with Crippen LogP contribution in [0.5, 0.6) is 0 Å². The number of para-hydroxylation sites is 1. The summed E-state index contributed by atoms with van der Waals surface area (Å²) in [5.74, 6) is 0.0126. The van der Waals surface area contributed by atoms with E-state index in [1.807, 2.05) is 30.3 Å². The summed E-state index contributed by atoms with van der Waals surface area (Å²) in [6, 6.07) is 16.0. The molecule has 2 aromatic rings. The number of amides is 1.